The first kappa shape index (κ1) is 8.06. The van der Waals surface area contributed by atoms with E-state index in [1.165, 1.54) is 32.4 Å². The molecule has 1 radical (unpaired) electrons. The fraction of sp³-hybridized carbons (Fsp3) is 0.889. The zero-order chi connectivity index (χ0) is 7.40. The van der Waals surface area contributed by atoms with E-state index < -0.39 is 0 Å². The van der Waals surface area contributed by atoms with Gasteiger partial charge in [-0.2, -0.15) is 0 Å². The van der Waals surface area contributed by atoms with Gasteiger partial charge in [-0.3, -0.25) is 0 Å². The maximum Gasteiger partial charge on any atom is 0.000937 e. The second-order valence-corrected chi connectivity index (χ2v) is 3.31. The van der Waals surface area contributed by atoms with Gasteiger partial charge in [-0.1, -0.05) is 13.3 Å². The van der Waals surface area contributed by atoms with Crippen molar-refractivity contribution in [3.05, 3.63) is 6.42 Å². The molecule has 0 saturated carbocycles. The summed E-state index contributed by atoms with van der Waals surface area (Å²) < 4.78 is 0. The largest absolute Gasteiger partial charge is 0.306 e. The summed E-state index contributed by atoms with van der Waals surface area (Å²) in [5.74, 6) is 0.878. The number of likely N-dealkylation sites (tertiary alicyclic amines) is 1. The molecule has 0 aromatic rings. The summed E-state index contributed by atoms with van der Waals surface area (Å²) in [5, 5.41) is 0. The molecule has 0 aromatic heterocycles. The normalized spacial score (nSPS) is 28.8. The number of piperidine rings is 1. The van der Waals surface area contributed by atoms with E-state index in [1.54, 1.807) is 0 Å². The van der Waals surface area contributed by atoms with Crippen molar-refractivity contribution in [3.8, 4) is 0 Å². The predicted molar refractivity (Wildman–Crippen MR) is 44.8 cm³/mol. The molecule has 1 saturated heterocycles. The molecule has 0 bridgehead atoms. The first-order chi connectivity index (χ1) is 4.83. The third kappa shape index (κ3) is 2.30. The number of hydrogen-bond acceptors (Lipinski definition) is 1. The molecule has 1 heteroatoms. The molecule has 1 heterocycles. The number of nitrogens with zero attached hydrogens (tertiary/aromatic N) is 1. The quantitative estimate of drug-likeness (QED) is 0.566. The number of hydrogen-bond donors (Lipinski definition) is 0. The molecule has 1 rings (SSSR count). The number of rotatable bonds is 2. The molecule has 1 aliphatic heterocycles. The van der Waals surface area contributed by atoms with Gasteiger partial charge in [-0.15, -0.1) is 0 Å². The molecule has 59 valence electrons. The van der Waals surface area contributed by atoms with Crippen molar-refractivity contribution in [1.82, 2.24) is 4.90 Å². The van der Waals surface area contributed by atoms with Crippen molar-refractivity contribution in [2.45, 2.75) is 26.2 Å². The Kier molecular flexibility index (Phi) is 3.20. The first-order valence-electron chi connectivity index (χ1n) is 4.34. The SMILES string of the molecule is CC[CH]C1CCCN(C)C1. The third-order valence-corrected chi connectivity index (χ3v) is 2.23. The van der Waals surface area contributed by atoms with Gasteiger partial charge in [0, 0.05) is 6.54 Å². The van der Waals surface area contributed by atoms with Crippen LogP contribution in [-0.2, 0) is 0 Å². The first-order valence-corrected chi connectivity index (χ1v) is 4.34. The Hall–Kier alpha value is -0.0400. The van der Waals surface area contributed by atoms with E-state index in [0.717, 1.165) is 5.92 Å². The van der Waals surface area contributed by atoms with Crippen LogP contribution in [-0.4, -0.2) is 25.0 Å². The molecule has 1 fully saturated rings. The molecule has 1 atom stereocenters. The molecule has 1 nitrogen and oxygen atoms in total. The minimum absolute atomic E-state index is 0.878. The van der Waals surface area contributed by atoms with E-state index in [4.69, 9.17) is 0 Å². The monoisotopic (exact) mass is 140 g/mol. The van der Waals surface area contributed by atoms with Crippen LogP contribution >= 0.6 is 0 Å². The van der Waals surface area contributed by atoms with Gasteiger partial charge >= 0.3 is 0 Å². The van der Waals surface area contributed by atoms with Crippen LogP contribution in [0.5, 0.6) is 0 Å². The van der Waals surface area contributed by atoms with Crippen LogP contribution in [0.1, 0.15) is 26.2 Å². The van der Waals surface area contributed by atoms with Gasteiger partial charge in [-0.05, 0) is 38.8 Å². The van der Waals surface area contributed by atoms with Crippen molar-refractivity contribution in [3.63, 3.8) is 0 Å². The Morgan fingerprint density at radius 3 is 3.00 bits per heavy atom. The fourth-order valence-corrected chi connectivity index (χ4v) is 1.73. The van der Waals surface area contributed by atoms with Crippen LogP contribution < -0.4 is 0 Å². The van der Waals surface area contributed by atoms with E-state index >= 15 is 0 Å². The van der Waals surface area contributed by atoms with E-state index in [9.17, 15) is 0 Å². The molecule has 0 aromatic carbocycles. The van der Waals surface area contributed by atoms with Crippen molar-refractivity contribution >= 4 is 0 Å². The summed E-state index contributed by atoms with van der Waals surface area (Å²) >= 11 is 0. The lowest BCUT2D eigenvalue weighted by molar-refractivity contribution is 0.226. The highest BCUT2D eigenvalue weighted by Gasteiger charge is 2.15. The smallest absolute Gasteiger partial charge is 0.000937 e. The zero-order valence-electron chi connectivity index (χ0n) is 7.14. The highest BCUT2D eigenvalue weighted by molar-refractivity contribution is 4.80. The van der Waals surface area contributed by atoms with Crippen LogP contribution in [0, 0.1) is 12.3 Å². The van der Waals surface area contributed by atoms with Gasteiger partial charge < -0.3 is 4.90 Å². The Morgan fingerprint density at radius 2 is 2.40 bits per heavy atom. The minimum Gasteiger partial charge on any atom is -0.306 e. The summed E-state index contributed by atoms with van der Waals surface area (Å²) in [6.07, 6.45) is 6.49. The fourth-order valence-electron chi connectivity index (χ4n) is 1.73. The second-order valence-electron chi connectivity index (χ2n) is 3.31. The van der Waals surface area contributed by atoms with Gasteiger partial charge in [0.15, 0.2) is 0 Å². The highest BCUT2D eigenvalue weighted by Crippen LogP contribution is 2.18. The molecule has 10 heavy (non-hydrogen) atoms. The lowest BCUT2D eigenvalue weighted by Crippen LogP contribution is -2.32. The van der Waals surface area contributed by atoms with Crippen molar-refractivity contribution < 1.29 is 0 Å². The van der Waals surface area contributed by atoms with Crippen LogP contribution in [0.4, 0.5) is 0 Å². The summed E-state index contributed by atoms with van der Waals surface area (Å²) in [7, 11) is 2.22. The van der Waals surface area contributed by atoms with E-state index in [0.29, 0.717) is 0 Å². The lowest BCUT2D eigenvalue weighted by Gasteiger charge is -2.29. The highest BCUT2D eigenvalue weighted by atomic mass is 15.1. The molecular formula is C9H18N. The van der Waals surface area contributed by atoms with Crippen molar-refractivity contribution in [2.75, 3.05) is 20.1 Å². The standard InChI is InChI=1S/C9H18N/c1-3-5-9-6-4-7-10(2)8-9/h5,9H,3-4,6-8H2,1-2H3. The topological polar surface area (TPSA) is 3.24 Å². The molecule has 1 aliphatic rings. The lowest BCUT2D eigenvalue weighted by atomic mass is 9.94. The zero-order valence-corrected chi connectivity index (χ0v) is 7.14. The molecule has 0 N–H and O–H groups in total. The molecule has 0 aliphatic carbocycles. The Labute approximate surface area is 64.4 Å². The summed E-state index contributed by atoms with van der Waals surface area (Å²) in [4.78, 5) is 2.43. The molecular weight excluding hydrogens is 122 g/mol. The van der Waals surface area contributed by atoms with Crippen LogP contribution in [0.15, 0.2) is 0 Å². The van der Waals surface area contributed by atoms with E-state index in [-0.39, 0.29) is 0 Å². The summed E-state index contributed by atoms with van der Waals surface area (Å²) in [5.41, 5.74) is 0. The maximum absolute atomic E-state index is 2.45. The maximum atomic E-state index is 2.45. The Morgan fingerprint density at radius 1 is 1.60 bits per heavy atom. The van der Waals surface area contributed by atoms with Gasteiger partial charge in [0.2, 0.25) is 0 Å². The van der Waals surface area contributed by atoms with Gasteiger partial charge in [0.05, 0.1) is 0 Å². The van der Waals surface area contributed by atoms with Crippen LogP contribution in [0.3, 0.4) is 0 Å². The van der Waals surface area contributed by atoms with E-state index in [2.05, 4.69) is 25.3 Å². The molecule has 0 amide bonds. The Balaban J connectivity index is 2.18. The summed E-state index contributed by atoms with van der Waals surface area (Å²) in [6.45, 7) is 4.82. The average Bonchev–Trinajstić information content (AvgIpc) is 1.88. The van der Waals surface area contributed by atoms with Crippen molar-refractivity contribution in [1.29, 1.82) is 0 Å². The van der Waals surface area contributed by atoms with Crippen molar-refractivity contribution in [2.24, 2.45) is 5.92 Å². The van der Waals surface area contributed by atoms with Gasteiger partial charge in [-0.25, -0.2) is 0 Å². The van der Waals surface area contributed by atoms with Gasteiger partial charge in [0.1, 0.15) is 0 Å². The molecule has 0 spiro atoms. The minimum atomic E-state index is 0.878. The Bertz CT molecular complexity index is 88.7. The summed E-state index contributed by atoms with van der Waals surface area (Å²) in [6, 6.07) is 0. The average molecular weight is 140 g/mol. The van der Waals surface area contributed by atoms with Gasteiger partial charge in [0.25, 0.3) is 0 Å². The van der Waals surface area contributed by atoms with E-state index in [1.807, 2.05) is 0 Å². The predicted octanol–water partition coefficient (Wildman–Crippen LogP) is 1.94. The second kappa shape index (κ2) is 3.97. The third-order valence-electron chi connectivity index (χ3n) is 2.23. The van der Waals surface area contributed by atoms with Crippen LogP contribution in [0.25, 0.3) is 0 Å². The molecule has 1 unspecified atom stereocenters. The van der Waals surface area contributed by atoms with Crippen LogP contribution in [0.2, 0.25) is 0 Å².